The van der Waals surface area contributed by atoms with Gasteiger partial charge in [0.1, 0.15) is 0 Å². The van der Waals surface area contributed by atoms with E-state index in [9.17, 15) is 9.90 Å². The van der Waals surface area contributed by atoms with Gasteiger partial charge in [-0.15, -0.1) is 0 Å². The number of ether oxygens (including phenoxy) is 2. The molecular weight excluding hydrogens is 196 g/mol. The Hall–Kier alpha value is -0.610. The Bertz CT molecular complexity index is 207. The quantitative estimate of drug-likeness (QED) is 0.759. The monoisotopic (exact) mass is 216 g/mol. The van der Waals surface area contributed by atoms with E-state index >= 15 is 0 Å². The number of hydrogen-bond donors (Lipinski definition) is 1. The van der Waals surface area contributed by atoms with Gasteiger partial charge >= 0.3 is 5.97 Å². The van der Waals surface area contributed by atoms with Gasteiger partial charge in [0.15, 0.2) is 0 Å². The number of hydrogen-bond acceptors (Lipinski definition) is 3. The molecule has 0 saturated carbocycles. The molecule has 1 fully saturated rings. The Morgan fingerprint density at radius 3 is 2.53 bits per heavy atom. The summed E-state index contributed by atoms with van der Waals surface area (Å²) in [7, 11) is 0. The maximum Gasteiger partial charge on any atom is 0.309 e. The molecule has 1 N–H and O–H groups in total. The summed E-state index contributed by atoms with van der Waals surface area (Å²) in [6.45, 7) is 5.53. The average molecular weight is 216 g/mol. The smallest absolute Gasteiger partial charge is 0.309 e. The van der Waals surface area contributed by atoms with Gasteiger partial charge in [0, 0.05) is 19.8 Å². The first kappa shape index (κ1) is 12.5. The van der Waals surface area contributed by atoms with E-state index in [1.165, 1.54) is 0 Å². The molecule has 1 aliphatic rings. The number of carbonyl (C=O) groups is 1. The standard InChI is InChI=1S/C11H20O4/c1-9(2)15-8-5-11(10(12)13)3-6-14-7-4-11/h9H,3-8H2,1-2H3,(H,12,13). The number of rotatable bonds is 5. The van der Waals surface area contributed by atoms with Crippen LogP contribution in [-0.2, 0) is 14.3 Å². The van der Waals surface area contributed by atoms with E-state index in [0.717, 1.165) is 0 Å². The molecule has 1 rings (SSSR count). The Balaban J connectivity index is 2.46. The second-order valence-electron chi connectivity index (χ2n) is 4.37. The van der Waals surface area contributed by atoms with Gasteiger partial charge in [-0.2, -0.15) is 0 Å². The summed E-state index contributed by atoms with van der Waals surface area (Å²) in [6.07, 6.45) is 1.95. The average Bonchev–Trinajstić information content (AvgIpc) is 2.18. The summed E-state index contributed by atoms with van der Waals surface area (Å²) >= 11 is 0. The highest BCUT2D eigenvalue weighted by molar-refractivity contribution is 5.74. The van der Waals surface area contributed by atoms with Crippen LogP contribution in [0.1, 0.15) is 33.1 Å². The van der Waals surface area contributed by atoms with Crippen LogP contribution in [0.4, 0.5) is 0 Å². The van der Waals surface area contributed by atoms with E-state index in [0.29, 0.717) is 39.1 Å². The minimum absolute atomic E-state index is 0.163. The van der Waals surface area contributed by atoms with Crippen molar-refractivity contribution in [2.45, 2.75) is 39.2 Å². The van der Waals surface area contributed by atoms with Crippen LogP contribution in [-0.4, -0.2) is 37.0 Å². The molecule has 88 valence electrons. The van der Waals surface area contributed by atoms with E-state index in [2.05, 4.69) is 0 Å². The van der Waals surface area contributed by atoms with Crippen LogP contribution in [0.15, 0.2) is 0 Å². The van der Waals surface area contributed by atoms with Gasteiger partial charge in [0.25, 0.3) is 0 Å². The van der Waals surface area contributed by atoms with Crippen LogP contribution < -0.4 is 0 Å². The van der Waals surface area contributed by atoms with E-state index in [-0.39, 0.29) is 6.10 Å². The van der Waals surface area contributed by atoms with E-state index < -0.39 is 11.4 Å². The van der Waals surface area contributed by atoms with Crippen molar-refractivity contribution in [2.75, 3.05) is 19.8 Å². The highest BCUT2D eigenvalue weighted by Gasteiger charge is 2.39. The Morgan fingerprint density at radius 2 is 2.07 bits per heavy atom. The van der Waals surface area contributed by atoms with Crippen LogP contribution in [0.5, 0.6) is 0 Å². The molecule has 0 aromatic carbocycles. The molecule has 0 bridgehead atoms. The number of carboxylic acids is 1. The van der Waals surface area contributed by atoms with E-state index in [1.807, 2.05) is 13.8 Å². The predicted octanol–water partition coefficient (Wildman–Crippen LogP) is 1.68. The molecule has 4 nitrogen and oxygen atoms in total. The fourth-order valence-electron chi connectivity index (χ4n) is 1.82. The molecule has 1 saturated heterocycles. The van der Waals surface area contributed by atoms with Gasteiger partial charge in [0.2, 0.25) is 0 Å². The third kappa shape index (κ3) is 3.47. The highest BCUT2D eigenvalue weighted by Crippen LogP contribution is 2.34. The van der Waals surface area contributed by atoms with Crippen molar-refractivity contribution in [3.8, 4) is 0 Å². The van der Waals surface area contributed by atoms with Crippen LogP contribution in [0.25, 0.3) is 0 Å². The fourth-order valence-corrected chi connectivity index (χ4v) is 1.82. The van der Waals surface area contributed by atoms with Gasteiger partial charge in [-0.3, -0.25) is 4.79 Å². The molecule has 4 heteroatoms. The number of carboxylic acid groups (broad SMARTS) is 1. The van der Waals surface area contributed by atoms with E-state index in [1.54, 1.807) is 0 Å². The summed E-state index contributed by atoms with van der Waals surface area (Å²) in [5, 5.41) is 9.24. The third-order valence-corrected chi connectivity index (χ3v) is 2.94. The molecule has 0 atom stereocenters. The molecule has 1 heterocycles. The molecule has 0 radical (unpaired) electrons. The lowest BCUT2D eigenvalue weighted by Gasteiger charge is -2.33. The van der Waals surface area contributed by atoms with Crippen molar-refractivity contribution in [2.24, 2.45) is 5.41 Å². The Morgan fingerprint density at radius 1 is 1.47 bits per heavy atom. The molecule has 15 heavy (non-hydrogen) atoms. The second kappa shape index (κ2) is 5.47. The van der Waals surface area contributed by atoms with Crippen molar-refractivity contribution < 1.29 is 19.4 Å². The van der Waals surface area contributed by atoms with Gasteiger partial charge < -0.3 is 14.6 Å². The van der Waals surface area contributed by atoms with Gasteiger partial charge in [-0.25, -0.2) is 0 Å². The minimum Gasteiger partial charge on any atom is -0.481 e. The predicted molar refractivity (Wildman–Crippen MR) is 55.8 cm³/mol. The van der Waals surface area contributed by atoms with Gasteiger partial charge in [0.05, 0.1) is 11.5 Å². The zero-order chi connectivity index (χ0) is 11.3. The van der Waals surface area contributed by atoms with Crippen molar-refractivity contribution in [3.05, 3.63) is 0 Å². The summed E-state index contributed by atoms with van der Waals surface area (Å²) < 4.78 is 10.6. The van der Waals surface area contributed by atoms with Crippen molar-refractivity contribution in [3.63, 3.8) is 0 Å². The summed E-state index contributed by atoms with van der Waals surface area (Å²) in [5.41, 5.74) is -0.618. The van der Waals surface area contributed by atoms with Crippen molar-refractivity contribution in [1.82, 2.24) is 0 Å². The normalized spacial score (nSPS) is 20.5. The molecule has 0 aliphatic carbocycles. The minimum atomic E-state index is -0.710. The highest BCUT2D eigenvalue weighted by atomic mass is 16.5. The Kier molecular flexibility index (Phi) is 4.54. The Labute approximate surface area is 90.6 Å². The van der Waals surface area contributed by atoms with Gasteiger partial charge in [-0.05, 0) is 33.1 Å². The molecular formula is C11H20O4. The first-order valence-electron chi connectivity index (χ1n) is 5.49. The zero-order valence-electron chi connectivity index (χ0n) is 9.49. The lowest BCUT2D eigenvalue weighted by Crippen LogP contribution is -2.38. The lowest BCUT2D eigenvalue weighted by molar-refractivity contribution is -0.157. The molecule has 0 amide bonds. The van der Waals surface area contributed by atoms with Crippen LogP contribution >= 0.6 is 0 Å². The maximum absolute atomic E-state index is 11.2. The van der Waals surface area contributed by atoms with Crippen LogP contribution in [0.3, 0.4) is 0 Å². The first-order chi connectivity index (χ1) is 7.07. The summed E-state index contributed by atoms with van der Waals surface area (Å²) in [5.74, 6) is -0.710. The summed E-state index contributed by atoms with van der Waals surface area (Å²) in [4.78, 5) is 11.2. The maximum atomic E-state index is 11.2. The summed E-state index contributed by atoms with van der Waals surface area (Å²) in [6, 6.07) is 0. The second-order valence-corrected chi connectivity index (χ2v) is 4.37. The molecule has 0 spiro atoms. The molecule has 0 aromatic heterocycles. The largest absolute Gasteiger partial charge is 0.481 e. The first-order valence-corrected chi connectivity index (χ1v) is 5.49. The molecule has 0 unspecified atom stereocenters. The topological polar surface area (TPSA) is 55.8 Å². The zero-order valence-corrected chi connectivity index (χ0v) is 9.49. The fraction of sp³-hybridized carbons (Fsp3) is 0.909. The third-order valence-electron chi connectivity index (χ3n) is 2.94. The van der Waals surface area contributed by atoms with Gasteiger partial charge in [-0.1, -0.05) is 0 Å². The van der Waals surface area contributed by atoms with Crippen molar-refractivity contribution in [1.29, 1.82) is 0 Å². The molecule has 1 aliphatic heterocycles. The van der Waals surface area contributed by atoms with Crippen LogP contribution in [0, 0.1) is 5.41 Å². The molecule has 0 aromatic rings. The van der Waals surface area contributed by atoms with Crippen LogP contribution in [0.2, 0.25) is 0 Å². The lowest BCUT2D eigenvalue weighted by atomic mass is 9.77. The SMILES string of the molecule is CC(C)OCCC1(C(=O)O)CCOCC1. The number of aliphatic carboxylic acids is 1. The van der Waals surface area contributed by atoms with Crippen molar-refractivity contribution >= 4 is 5.97 Å². The van der Waals surface area contributed by atoms with E-state index in [4.69, 9.17) is 9.47 Å².